The Hall–Kier alpha value is -3.29. The summed E-state index contributed by atoms with van der Waals surface area (Å²) in [7, 11) is 3.04. The molecular formula is C22H15Cl2N3O4. The zero-order valence-corrected chi connectivity index (χ0v) is 18.0. The summed E-state index contributed by atoms with van der Waals surface area (Å²) in [5.74, 6) is 0.558. The number of fused-ring (bicyclic) bond motifs is 2. The van der Waals surface area contributed by atoms with Gasteiger partial charge in [0.05, 0.1) is 41.0 Å². The van der Waals surface area contributed by atoms with Crippen LogP contribution in [0.15, 0.2) is 36.5 Å². The van der Waals surface area contributed by atoms with Crippen LogP contribution in [0.3, 0.4) is 0 Å². The van der Waals surface area contributed by atoms with Crippen LogP contribution in [0, 0.1) is 0 Å². The van der Waals surface area contributed by atoms with Crippen molar-refractivity contribution in [1.82, 2.24) is 15.2 Å². The van der Waals surface area contributed by atoms with Crippen LogP contribution >= 0.6 is 23.2 Å². The van der Waals surface area contributed by atoms with Crippen LogP contribution in [0.4, 0.5) is 0 Å². The van der Waals surface area contributed by atoms with Gasteiger partial charge in [0.25, 0.3) is 0 Å². The van der Waals surface area contributed by atoms with E-state index >= 15 is 0 Å². The van der Waals surface area contributed by atoms with Gasteiger partial charge in [0.1, 0.15) is 23.8 Å². The van der Waals surface area contributed by atoms with Crippen LogP contribution < -0.4 is 9.47 Å². The molecule has 31 heavy (non-hydrogen) atoms. The molecule has 9 heteroatoms. The van der Waals surface area contributed by atoms with E-state index in [0.717, 1.165) is 27.7 Å². The molecule has 0 saturated heterocycles. The van der Waals surface area contributed by atoms with E-state index in [1.54, 1.807) is 18.3 Å². The number of ether oxygens (including phenoxy) is 3. The van der Waals surface area contributed by atoms with Gasteiger partial charge in [-0.2, -0.15) is 5.10 Å². The van der Waals surface area contributed by atoms with Gasteiger partial charge in [-0.1, -0.05) is 29.3 Å². The number of aromatic amines is 1. The number of rotatable bonds is 4. The molecule has 1 aliphatic heterocycles. The lowest BCUT2D eigenvalue weighted by molar-refractivity contribution is 0.0535. The molecule has 3 heterocycles. The average Bonchev–Trinajstić information content (AvgIpc) is 3.37. The second-order valence-electron chi connectivity index (χ2n) is 6.92. The number of carbonyl (C=O) groups is 1. The predicted octanol–water partition coefficient (Wildman–Crippen LogP) is 5.29. The Morgan fingerprint density at radius 3 is 2.52 bits per heavy atom. The number of benzene rings is 2. The van der Waals surface area contributed by atoms with Crippen molar-refractivity contribution < 1.29 is 19.0 Å². The quantitative estimate of drug-likeness (QED) is 0.420. The maximum atomic E-state index is 11.7. The Balaban J connectivity index is 1.62. The van der Waals surface area contributed by atoms with E-state index in [0.29, 0.717) is 38.4 Å². The molecular weight excluding hydrogens is 441 g/mol. The molecule has 5 rings (SSSR count). The predicted molar refractivity (Wildman–Crippen MR) is 117 cm³/mol. The van der Waals surface area contributed by atoms with Gasteiger partial charge in [0.2, 0.25) is 0 Å². The van der Waals surface area contributed by atoms with Gasteiger partial charge in [0, 0.05) is 34.3 Å². The molecule has 0 unspecified atom stereocenters. The number of nitrogens with zero attached hydrogens (tertiary/aromatic N) is 2. The first kappa shape index (κ1) is 19.7. The highest BCUT2D eigenvalue weighted by Gasteiger charge is 2.23. The summed E-state index contributed by atoms with van der Waals surface area (Å²) in [6.45, 7) is 0.265. The summed E-state index contributed by atoms with van der Waals surface area (Å²) in [6.07, 6.45) is 1.71. The molecule has 0 fully saturated rings. The highest BCUT2D eigenvalue weighted by Crippen LogP contribution is 2.45. The van der Waals surface area contributed by atoms with Crippen LogP contribution in [0.1, 0.15) is 15.9 Å². The largest absolute Gasteiger partial charge is 0.495 e. The summed E-state index contributed by atoms with van der Waals surface area (Å²) in [5, 5.41) is 8.97. The van der Waals surface area contributed by atoms with Crippen LogP contribution in [-0.4, -0.2) is 35.4 Å². The van der Waals surface area contributed by atoms with Crippen molar-refractivity contribution in [2.75, 3.05) is 14.2 Å². The molecule has 0 spiro atoms. The molecule has 0 aliphatic carbocycles. The van der Waals surface area contributed by atoms with E-state index in [-0.39, 0.29) is 12.6 Å². The first-order valence-corrected chi connectivity index (χ1v) is 10.0. The minimum absolute atomic E-state index is 0.265. The third-order valence-corrected chi connectivity index (χ3v) is 5.98. The lowest BCUT2D eigenvalue weighted by atomic mass is 10.0. The lowest BCUT2D eigenvalue weighted by Crippen LogP contribution is -1.94. The van der Waals surface area contributed by atoms with E-state index in [1.165, 1.54) is 14.2 Å². The number of hydrogen-bond acceptors (Lipinski definition) is 6. The third-order valence-electron chi connectivity index (χ3n) is 5.23. The third kappa shape index (κ3) is 3.08. The molecule has 0 amide bonds. The Bertz CT molecular complexity index is 1340. The van der Waals surface area contributed by atoms with Gasteiger partial charge >= 0.3 is 5.97 Å². The number of carbonyl (C=O) groups excluding carboxylic acids is 1. The number of pyridine rings is 1. The Morgan fingerprint density at radius 2 is 1.81 bits per heavy atom. The van der Waals surface area contributed by atoms with Crippen molar-refractivity contribution in [3.05, 3.63) is 57.7 Å². The fraction of sp³-hybridized carbons (Fsp3) is 0.136. The fourth-order valence-corrected chi connectivity index (χ4v) is 4.36. The summed E-state index contributed by atoms with van der Waals surface area (Å²) in [5.41, 5.74) is 4.80. The topological polar surface area (TPSA) is 86.3 Å². The fourth-order valence-electron chi connectivity index (χ4n) is 3.66. The average molecular weight is 456 g/mol. The van der Waals surface area contributed by atoms with Crippen molar-refractivity contribution in [2.45, 2.75) is 6.61 Å². The van der Waals surface area contributed by atoms with Crippen molar-refractivity contribution in [3.8, 4) is 34.0 Å². The number of esters is 1. The molecule has 7 nitrogen and oxygen atoms in total. The summed E-state index contributed by atoms with van der Waals surface area (Å²) in [4.78, 5) is 16.3. The van der Waals surface area contributed by atoms with Gasteiger partial charge in [0.15, 0.2) is 0 Å². The van der Waals surface area contributed by atoms with E-state index in [1.807, 2.05) is 18.2 Å². The molecule has 1 N–H and O–H groups in total. The minimum atomic E-state index is -0.304. The van der Waals surface area contributed by atoms with E-state index in [2.05, 4.69) is 15.2 Å². The van der Waals surface area contributed by atoms with E-state index < -0.39 is 0 Å². The highest BCUT2D eigenvalue weighted by molar-refractivity contribution is 6.41. The van der Waals surface area contributed by atoms with Gasteiger partial charge in [-0.3, -0.25) is 10.1 Å². The minimum Gasteiger partial charge on any atom is -0.495 e. The zero-order chi connectivity index (χ0) is 21.7. The summed E-state index contributed by atoms with van der Waals surface area (Å²) >= 11 is 13.1. The number of aromatic nitrogens is 3. The standard InChI is InChI=1S/C22H15Cl2N3O4/c1-29-16-7-17(30-2)20(24)18(19(16)23)15-6-14-13(8-25-15)21(27-26-14)10-3-4-12-11(5-10)9-31-22(12)28/h3-8H,9H2,1-2H3,(H,26,27). The molecule has 156 valence electrons. The number of halogens is 2. The highest BCUT2D eigenvalue weighted by atomic mass is 35.5. The van der Waals surface area contributed by atoms with Gasteiger partial charge in [-0.05, 0) is 18.2 Å². The second kappa shape index (κ2) is 7.44. The number of nitrogens with one attached hydrogen (secondary N) is 1. The van der Waals surface area contributed by atoms with Crippen LogP contribution in [0.5, 0.6) is 11.5 Å². The molecule has 0 bridgehead atoms. The number of cyclic esters (lactones) is 1. The van der Waals surface area contributed by atoms with E-state index in [4.69, 9.17) is 37.4 Å². The SMILES string of the molecule is COc1cc(OC)c(Cl)c(-c2cc3[nH]nc(-c4ccc5c(c4)COC5=O)c3cn2)c1Cl. The summed E-state index contributed by atoms with van der Waals surface area (Å²) in [6, 6.07) is 8.95. The Labute approximate surface area is 186 Å². The van der Waals surface area contributed by atoms with Gasteiger partial charge < -0.3 is 14.2 Å². The molecule has 0 atom stereocenters. The smallest absolute Gasteiger partial charge is 0.338 e. The van der Waals surface area contributed by atoms with Crippen LogP contribution in [0.25, 0.3) is 33.4 Å². The van der Waals surface area contributed by atoms with Crippen molar-refractivity contribution >= 4 is 40.1 Å². The van der Waals surface area contributed by atoms with Crippen LogP contribution in [-0.2, 0) is 11.3 Å². The molecule has 0 saturated carbocycles. The van der Waals surface area contributed by atoms with Crippen molar-refractivity contribution in [3.63, 3.8) is 0 Å². The Morgan fingerprint density at radius 1 is 1.06 bits per heavy atom. The summed E-state index contributed by atoms with van der Waals surface area (Å²) < 4.78 is 15.8. The maximum absolute atomic E-state index is 11.7. The Kier molecular flexibility index (Phi) is 4.72. The van der Waals surface area contributed by atoms with E-state index in [9.17, 15) is 4.79 Å². The molecule has 1 aliphatic rings. The number of hydrogen-bond donors (Lipinski definition) is 1. The molecule has 0 radical (unpaired) electrons. The van der Waals surface area contributed by atoms with Crippen LogP contribution in [0.2, 0.25) is 10.0 Å². The molecule has 2 aromatic carbocycles. The van der Waals surface area contributed by atoms with Crippen molar-refractivity contribution in [2.24, 2.45) is 0 Å². The number of H-pyrrole nitrogens is 1. The van der Waals surface area contributed by atoms with Crippen molar-refractivity contribution in [1.29, 1.82) is 0 Å². The van der Waals surface area contributed by atoms with Gasteiger partial charge in [-0.25, -0.2) is 4.79 Å². The second-order valence-corrected chi connectivity index (χ2v) is 7.68. The maximum Gasteiger partial charge on any atom is 0.338 e. The first-order valence-electron chi connectivity index (χ1n) is 9.26. The first-order chi connectivity index (χ1) is 15.0. The van der Waals surface area contributed by atoms with Gasteiger partial charge in [-0.15, -0.1) is 0 Å². The molecule has 4 aromatic rings. The molecule has 2 aromatic heterocycles. The zero-order valence-electron chi connectivity index (χ0n) is 16.5. The normalized spacial score (nSPS) is 12.7. The lowest BCUT2D eigenvalue weighted by Gasteiger charge is -2.14. The number of methoxy groups -OCH3 is 2. The monoisotopic (exact) mass is 455 g/mol.